The van der Waals surface area contributed by atoms with Crippen molar-refractivity contribution in [3.8, 4) is 5.75 Å². The van der Waals surface area contributed by atoms with Crippen LogP contribution in [0.2, 0.25) is 5.02 Å². The third-order valence-corrected chi connectivity index (χ3v) is 4.18. The molecule has 0 heterocycles. The smallest absolute Gasteiger partial charge is 0.265 e. The molecule has 0 aromatic heterocycles. The van der Waals surface area contributed by atoms with Crippen LogP contribution in [0.25, 0.3) is 0 Å². The van der Waals surface area contributed by atoms with Gasteiger partial charge in [0.2, 0.25) is 0 Å². The summed E-state index contributed by atoms with van der Waals surface area (Å²) in [6, 6.07) is 9.63. The maximum absolute atomic E-state index is 12.3. The second-order valence-electron chi connectivity index (χ2n) is 6.00. The van der Waals surface area contributed by atoms with Crippen molar-refractivity contribution in [2.75, 3.05) is 5.32 Å². The second-order valence-corrected chi connectivity index (χ2v) is 6.37. The highest BCUT2D eigenvalue weighted by Crippen LogP contribution is 2.26. The number of carbonyl (C=O) groups excluding carboxylic acids is 1. The van der Waals surface area contributed by atoms with E-state index in [4.69, 9.17) is 16.3 Å². The van der Waals surface area contributed by atoms with Gasteiger partial charge in [-0.2, -0.15) is 0 Å². The fraction of sp³-hybridized carbons (Fsp3) is 0.316. The lowest BCUT2D eigenvalue weighted by Gasteiger charge is -2.16. The van der Waals surface area contributed by atoms with Gasteiger partial charge in [0.25, 0.3) is 5.91 Å². The first-order valence-corrected chi connectivity index (χ1v) is 7.96. The molecule has 0 saturated heterocycles. The van der Waals surface area contributed by atoms with Gasteiger partial charge in [0.15, 0.2) is 6.10 Å². The van der Waals surface area contributed by atoms with E-state index in [1.165, 1.54) is 0 Å². The molecule has 0 aliphatic carbocycles. The SMILES string of the molecule is Cc1cc(C)cc(NC(=O)[C@@H](C)Oc2cc(C)c(Cl)c(C)c2)c1. The largest absolute Gasteiger partial charge is 0.481 e. The van der Waals surface area contributed by atoms with Crippen LogP contribution in [0.15, 0.2) is 30.3 Å². The molecule has 3 nitrogen and oxygen atoms in total. The molecule has 122 valence electrons. The Kier molecular flexibility index (Phi) is 5.32. The average Bonchev–Trinajstić information content (AvgIpc) is 2.43. The summed E-state index contributed by atoms with van der Waals surface area (Å²) in [6.45, 7) is 9.58. The minimum atomic E-state index is -0.601. The maximum atomic E-state index is 12.3. The summed E-state index contributed by atoms with van der Waals surface area (Å²) < 4.78 is 5.75. The van der Waals surface area contributed by atoms with Gasteiger partial charge in [-0.3, -0.25) is 4.79 Å². The van der Waals surface area contributed by atoms with Crippen LogP contribution in [-0.4, -0.2) is 12.0 Å². The Morgan fingerprint density at radius 3 is 2.04 bits per heavy atom. The van der Waals surface area contributed by atoms with Gasteiger partial charge in [-0.1, -0.05) is 17.7 Å². The number of anilines is 1. The third kappa shape index (κ3) is 4.49. The summed E-state index contributed by atoms with van der Waals surface area (Å²) in [5, 5.41) is 3.62. The summed E-state index contributed by atoms with van der Waals surface area (Å²) in [4.78, 5) is 12.3. The first-order chi connectivity index (χ1) is 10.8. The lowest BCUT2D eigenvalue weighted by atomic mass is 10.1. The zero-order chi connectivity index (χ0) is 17.1. The Morgan fingerprint density at radius 2 is 1.52 bits per heavy atom. The van der Waals surface area contributed by atoms with E-state index in [2.05, 4.69) is 11.4 Å². The molecule has 2 rings (SSSR count). The van der Waals surface area contributed by atoms with E-state index in [-0.39, 0.29) is 5.91 Å². The molecule has 0 spiro atoms. The van der Waals surface area contributed by atoms with Crippen LogP contribution in [0.4, 0.5) is 5.69 Å². The van der Waals surface area contributed by atoms with Crippen molar-refractivity contribution in [2.45, 2.75) is 40.7 Å². The van der Waals surface area contributed by atoms with E-state index in [0.717, 1.165) is 33.0 Å². The van der Waals surface area contributed by atoms with Crippen LogP contribution in [0, 0.1) is 27.7 Å². The summed E-state index contributed by atoms with van der Waals surface area (Å²) in [7, 11) is 0. The van der Waals surface area contributed by atoms with Gasteiger partial charge in [0.1, 0.15) is 5.75 Å². The Morgan fingerprint density at radius 1 is 1.00 bits per heavy atom. The van der Waals surface area contributed by atoms with Gasteiger partial charge in [-0.05, 0) is 81.1 Å². The van der Waals surface area contributed by atoms with E-state index in [0.29, 0.717) is 5.75 Å². The van der Waals surface area contributed by atoms with E-state index in [9.17, 15) is 4.79 Å². The molecule has 23 heavy (non-hydrogen) atoms. The van der Waals surface area contributed by atoms with Gasteiger partial charge in [-0.15, -0.1) is 0 Å². The summed E-state index contributed by atoms with van der Waals surface area (Å²) in [6.07, 6.45) is -0.601. The van der Waals surface area contributed by atoms with E-state index >= 15 is 0 Å². The molecular weight excluding hydrogens is 310 g/mol. The molecule has 1 atom stereocenters. The van der Waals surface area contributed by atoms with Crippen LogP contribution >= 0.6 is 11.6 Å². The maximum Gasteiger partial charge on any atom is 0.265 e. The van der Waals surface area contributed by atoms with Crippen molar-refractivity contribution in [3.63, 3.8) is 0 Å². The number of rotatable bonds is 4. The molecule has 2 aromatic rings. The predicted octanol–water partition coefficient (Wildman–Crippen LogP) is 4.98. The van der Waals surface area contributed by atoms with Gasteiger partial charge < -0.3 is 10.1 Å². The average molecular weight is 332 g/mol. The molecule has 0 aliphatic rings. The van der Waals surface area contributed by atoms with Gasteiger partial charge >= 0.3 is 0 Å². The Balaban J connectivity index is 2.08. The number of halogens is 1. The fourth-order valence-corrected chi connectivity index (χ4v) is 2.63. The Hall–Kier alpha value is -2.00. The first kappa shape index (κ1) is 17.4. The van der Waals surface area contributed by atoms with Crippen LogP contribution in [0.5, 0.6) is 5.75 Å². The minimum Gasteiger partial charge on any atom is -0.481 e. The Bertz CT molecular complexity index is 697. The number of nitrogens with one attached hydrogen (secondary N) is 1. The van der Waals surface area contributed by atoms with E-state index in [1.807, 2.05) is 52.0 Å². The number of carbonyl (C=O) groups is 1. The highest BCUT2D eigenvalue weighted by Gasteiger charge is 2.16. The molecule has 0 fully saturated rings. The summed E-state index contributed by atoms with van der Waals surface area (Å²) >= 11 is 6.15. The first-order valence-electron chi connectivity index (χ1n) is 7.59. The number of benzene rings is 2. The van der Waals surface area contributed by atoms with Crippen molar-refractivity contribution in [1.29, 1.82) is 0 Å². The van der Waals surface area contributed by atoms with Crippen molar-refractivity contribution in [2.24, 2.45) is 0 Å². The molecule has 0 unspecified atom stereocenters. The lowest BCUT2D eigenvalue weighted by molar-refractivity contribution is -0.122. The molecule has 4 heteroatoms. The zero-order valence-electron chi connectivity index (χ0n) is 14.2. The molecule has 0 radical (unpaired) electrons. The van der Waals surface area contributed by atoms with Crippen LogP contribution < -0.4 is 10.1 Å². The molecule has 1 amide bonds. The molecular formula is C19H22ClNO2. The van der Waals surface area contributed by atoms with Crippen LogP contribution in [0.3, 0.4) is 0 Å². The second kappa shape index (κ2) is 7.05. The number of hydrogen-bond donors (Lipinski definition) is 1. The quantitative estimate of drug-likeness (QED) is 0.858. The summed E-state index contributed by atoms with van der Waals surface area (Å²) in [5.41, 5.74) is 4.87. The fourth-order valence-electron chi connectivity index (χ4n) is 2.52. The highest BCUT2D eigenvalue weighted by atomic mass is 35.5. The van der Waals surface area contributed by atoms with Crippen molar-refractivity contribution >= 4 is 23.2 Å². The number of ether oxygens (including phenoxy) is 1. The number of aryl methyl sites for hydroxylation is 4. The van der Waals surface area contributed by atoms with Crippen molar-refractivity contribution in [3.05, 3.63) is 57.6 Å². The van der Waals surface area contributed by atoms with Crippen molar-refractivity contribution < 1.29 is 9.53 Å². The Labute approximate surface area is 142 Å². The zero-order valence-corrected chi connectivity index (χ0v) is 14.9. The van der Waals surface area contributed by atoms with Gasteiger partial charge in [0, 0.05) is 10.7 Å². The van der Waals surface area contributed by atoms with Crippen molar-refractivity contribution in [1.82, 2.24) is 0 Å². The van der Waals surface area contributed by atoms with Gasteiger partial charge in [-0.25, -0.2) is 0 Å². The highest BCUT2D eigenvalue weighted by molar-refractivity contribution is 6.32. The van der Waals surface area contributed by atoms with Crippen LogP contribution in [0.1, 0.15) is 29.2 Å². The summed E-state index contributed by atoms with van der Waals surface area (Å²) in [5.74, 6) is 0.465. The lowest BCUT2D eigenvalue weighted by Crippen LogP contribution is -2.30. The molecule has 0 bridgehead atoms. The van der Waals surface area contributed by atoms with E-state index in [1.54, 1.807) is 6.92 Å². The molecule has 2 aromatic carbocycles. The van der Waals surface area contributed by atoms with Gasteiger partial charge in [0.05, 0.1) is 0 Å². The molecule has 0 aliphatic heterocycles. The predicted molar refractivity (Wildman–Crippen MR) is 95.6 cm³/mol. The minimum absolute atomic E-state index is 0.180. The third-order valence-electron chi connectivity index (χ3n) is 3.58. The topological polar surface area (TPSA) is 38.3 Å². The molecule has 0 saturated carbocycles. The normalized spacial score (nSPS) is 11.9. The monoisotopic (exact) mass is 331 g/mol. The van der Waals surface area contributed by atoms with E-state index < -0.39 is 6.10 Å². The van der Waals surface area contributed by atoms with Crippen LogP contribution in [-0.2, 0) is 4.79 Å². The number of amides is 1. The standard InChI is InChI=1S/C19H22ClNO2/c1-11-6-12(2)8-16(7-11)21-19(22)15(5)23-17-9-13(3)18(20)14(4)10-17/h6-10,15H,1-5H3,(H,21,22)/t15-/m1/s1. The number of hydrogen-bond acceptors (Lipinski definition) is 2. The molecule has 1 N–H and O–H groups in total.